The highest BCUT2D eigenvalue weighted by Gasteiger charge is 2.16. The summed E-state index contributed by atoms with van der Waals surface area (Å²) in [6.45, 7) is 0.763. The first-order valence-corrected chi connectivity index (χ1v) is 7.38. The molecule has 1 atom stereocenters. The molecule has 0 saturated carbocycles. The van der Waals surface area contributed by atoms with Crippen molar-refractivity contribution >= 4 is 29.2 Å². The minimum absolute atomic E-state index is 0.0883. The SMILES string of the molecule is O=C(CCC1CCCCO1)Nc1cc(C(=O)O)ccc1Cl. The Morgan fingerprint density at radius 2 is 2.19 bits per heavy atom. The number of hydrogen-bond acceptors (Lipinski definition) is 3. The Morgan fingerprint density at radius 3 is 2.86 bits per heavy atom. The number of halogens is 1. The highest BCUT2D eigenvalue weighted by Crippen LogP contribution is 2.24. The van der Waals surface area contributed by atoms with E-state index < -0.39 is 5.97 Å². The molecule has 1 fully saturated rings. The molecule has 0 bridgehead atoms. The Balaban J connectivity index is 1.89. The van der Waals surface area contributed by atoms with E-state index in [1.165, 1.54) is 18.2 Å². The number of anilines is 1. The fourth-order valence-electron chi connectivity index (χ4n) is 2.29. The quantitative estimate of drug-likeness (QED) is 0.874. The molecule has 114 valence electrons. The van der Waals surface area contributed by atoms with E-state index in [-0.39, 0.29) is 17.6 Å². The van der Waals surface area contributed by atoms with Crippen molar-refractivity contribution < 1.29 is 19.4 Å². The van der Waals surface area contributed by atoms with Gasteiger partial charge in [-0.15, -0.1) is 0 Å². The predicted octanol–water partition coefficient (Wildman–Crippen LogP) is 3.33. The van der Waals surface area contributed by atoms with E-state index in [0.717, 1.165) is 25.9 Å². The molecule has 0 aliphatic carbocycles. The number of ether oxygens (including phenoxy) is 1. The molecule has 1 unspecified atom stereocenters. The van der Waals surface area contributed by atoms with Gasteiger partial charge >= 0.3 is 5.97 Å². The molecule has 6 heteroatoms. The second-order valence-electron chi connectivity index (χ2n) is 5.08. The monoisotopic (exact) mass is 311 g/mol. The second-order valence-corrected chi connectivity index (χ2v) is 5.48. The molecule has 1 aromatic rings. The molecule has 2 rings (SSSR count). The smallest absolute Gasteiger partial charge is 0.335 e. The van der Waals surface area contributed by atoms with Crippen molar-refractivity contribution in [1.29, 1.82) is 0 Å². The lowest BCUT2D eigenvalue weighted by molar-refractivity contribution is -0.117. The van der Waals surface area contributed by atoms with Gasteiger partial charge in [-0.2, -0.15) is 0 Å². The van der Waals surface area contributed by atoms with Crippen LogP contribution >= 0.6 is 11.6 Å². The summed E-state index contributed by atoms with van der Waals surface area (Å²) in [4.78, 5) is 22.8. The zero-order chi connectivity index (χ0) is 15.2. The predicted molar refractivity (Wildman–Crippen MR) is 79.9 cm³/mol. The van der Waals surface area contributed by atoms with E-state index in [9.17, 15) is 9.59 Å². The number of amides is 1. The van der Waals surface area contributed by atoms with Gasteiger partial charge in [0.05, 0.1) is 22.4 Å². The van der Waals surface area contributed by atoms with Crippen LogP contribution in [0.15, 0.2) is 18.2 Å². The van der Waals surface area contributed by atoms with E-state index in [1.54, 1.807) is 0 Å². The Morgan fingerprint density at radius 1 is 1.38 bits per heavy atom. The van der Waals surface area contributed by atoms with E-state index in [0.29, 0.717) is 23.6 Å². The lowest BCUT2D eigenvalue weighted by atomic mass is 10.0. The lowest BCUT2D eigenvalue weighted by Gasteiger charge is -2.22. The molecule has 0 spiro atoms. The topological polar surface area (TPSA) is 75.6 Å². The summed E-state index contributed by atoms with van der Waals surface area (Å²) in [7, 11) is 0. The fraction of sp³-hybridized carbons (Fsp3) is 0.467. The number of benzene rings is 1. The molecule has 0 radical (unpaired) electrons. The molecule has 5 nitrogen and oxygen atoms in total. The van der Waals surface area contributed by atoms with Crippen LogP contribution in [0.1, 0.15) is 42.5 Å². The van der Waals surface area contributed by atoms with Gasteiger partial charge in [-0.3, -0.25) is 4.79 Å². The summed E-state index contributed by atoms with van der Waals surface area (Å²) in [5, 5.41) is 11.9. The highest BCUT2D eigenvalue weighted by atomic mass is 35.5. The number of carboxylic acids is 1. The zero-order valence-corrected chi connectivity index (χ0v) is 12.4. The number of rotatable bonds is 5. The third-order valence-electron chi connectivity index (χ3n) is 3.45. The molecule has 1 saturated heterocycles. The van der Waals surface area contributed by atoms with Gasteiger partial charge < -0.3 is 15.2 Å². The third kappa shape index (κ3) is 4.72. The molecular weight excluding hydrogens is 294 g/mol. The van der Waals surface area contributed by atoms with Crippen molar-refractivity contribution in [3.05, 3.63) is 28.8 Å². The lowest BCUT2D eigenvalue weighted by Crippen LogP contribution is -2.21. The van der Waals surface area contributed by atoms with Crippen molar-refractivity contribution in [1.82, 2.24) is 0 Å². The first-order chi connectivity index (χ1) is 10.1. The van der Waals surface area contributed by atoms with Crippen molar-refractivity contribution in [3.8, 4) is 0 Å². The average Bonchev–Trinajstić information content (AvgIpc) is 2.48. The van der Waals surface area contributed by atoms with Gasteiger partial charge in [0, 0.05) is 13.0 Å². The third-order valence-corrected chi connectivity index (χ3v) is 3.78. The maximum absolute atomic E-state index is 11.9. The van der Waals surface area contributed by atoms with Crippen molar-refractivity contribution in [3.63, 3.8) is 0 Å². The summed E-state index contributed by atoms with van der Waals surface area (Å²) in [6.07, 6.45) is 4.35. The maximum Gasteiger partial charge on any atom is 0.335 e. The molecule has 1 aliphatic heterocycles. The first kappa shape index (κ1) is 15.8. The van der Waals surface area contributed by atoms with Gasteiger partial charge in [-0.25, -0.2) is 4.79 Å². The first-order valence-electron chi connectivity index (χ1n) is 7.00. The van der Waals surface area contributed by atoms with Crippen LogP contribution in [-0.2, 0) is 9.53 Å². The number of nitrogens with one attached hydrogen (secondary N) is 1. The van der Waals surface area contributed by atoms with E-state index in [4.69, 9.17) is 21.4 Å². The van der Waals surface area contributed by atoms with E-state index in [2.05, 4.69) is 5.32 Å². The number of aromatic carboxylic acids is 1. The van der Waals surface area contributed by atoms with Gasteiger partial charge in [-0.05, 0) is 43.9 Å². The van der Waals surface area contributed by atoms with Gasteiger partial charge in [-0.1, -0.05) is 11.6 Å². The van der Waals surface area contributed by atoms with Crippen LogP contribution < -0.4 is 5.32 Å². The minimum atomic E-state index is -1.06. The Kier molecular flexibility index (Phi) is 5.59. The van der Waals surface area contributed by atoms with Crippen LogP contribution in [0.5, 0.6) is 0 Å². The van der Waals surface area contributed by atoms with Crippen molar-refractivity contribution in [2.24, 2.45) is 0 Å². The molecule has 1 aliphatic rings. The van der Waals surface area contributed by atoms with Crippen LogP contribution in [-0.4, -0.2) is 29.7 Å². The van der Waals surface area contributed by atoms with Crippen LogP contribution in [0.25, 0.3) is 0 Å². The van der Waals surface area contributed by atoms with Gasteiger partial charge in [0.2, 0.25) is 5.91 Å². The molecule has 1 heterocycles. The van der Waals surface area contributed by atoms with Gasteiger partial charge in [0.15, 0.2) is 0 Å². The number of hydrogen-bond donors (Lipinski definition) is 2. The zero-order valence-electron chi connectivity index (χ0n) is 11.6. The summed E-state index contributed by atoms with van der Waals surface area (Å²) < 4.78 is 5.57. The highest BCUT2D eigenvalue weighted by molar-refractivity contribution is 6.33. The van der Waals surface area contributed by atoms with Crippen LogP contribution in [0.2, 0.25) is 5.02 Å². The van der Waals surface area contributed by atoms with Crippen molar-refractivity contribution in [2.45, 2.75) is 38.2 Å². The van der Waals surface area contributed by atoms with E-state index >= 15 is 0 Å². The molecule has 1 aromatic carbocycles. The average molecular weight is 312 g/mol. The molecular formula is C15H18ClNO4. The summed E-state index contributed by atoms with van der Waals surface area (Å²) in [5.41, 5.74) is 0.413. The van der Waals surface area contributed by atoms with Crippen LogP contribution in [0.3, 0.4) is 0 Å². The second kappa shape index (κ2) is 7.43. The Bertz CT molecular complexity index is 526. The van der Waals surface area contributed by atoms with Crippen LogP contribution in [0.4, 0.5) is 5.69 Å². The van der Waals surface area contributed by atoms with Gasteiger partial charge in [0.25, 0.3) is 0 Å². The number of carboxylic acid groups (broad SMARTS) is 1. The molecule has 2 N–H and O–H groups in total. The van der Waals surface area contributed by atoms with Crippen molar-refractivity contribution in [2.75, 3.05) is 11.9 Å². The fourth-order valence-corrected chi connectivity index (χ4v) is 2.46. The molecule has 21 heavy (non-hydrogen) atoms. The molecule has 0 aromatic heterocycles. The standard InChI is InChI=1S/C15H18ClNO4/c16-12-6-4-10(15(19)20)9-13(12)17-14(18)7-5-11-3-1-2-8-21-11/h4,6,9,11H,1-3,5,7-8H2,(H,17,18)(H,19,20). The molecule has 1 amide bonds. The largest absolute Gasteiger partial charge is 0.478 e. The Hall–Kier alpha value is -1.59. The summed E-state index contributed by atoms with van der Waals surface area (Å²) in [5.74, 6) is -1.24. The number of carbonyl (C=O) groups excluding carboxylic acids is 1. The van der Waals surface area contributed by atoms with E-state index in [1.807, 2.05) is 0 Å². The number of carbonyl (C=O) groups is 2. The van der Waals surface area contributed by atoms with Crippen LogP contribution in [0, 0.1) is 0 Å². The Labute approximate surface area is 128 Å². The summed E-state index contributed by atoms with van der Waals surface area (Å²) >= 11 is 5.96. The summed E-state index contributed by atoms with van der Waals surface area (Å²) in [6, 6.07) is 4.22. The minimum Gasteiger partial charge on any atom is -0.478 e. The van der Waals surface area contributed by atoms with Gasteiger partial charge in [0.1, 0.15) is 0 Å². The normalized spacial score (nSPS) is 18.2. The maximum atomic E-state index is 11.9.